The smallest absolute Gasteiger partial charge is 0.238 e. The molecule has 1 fully saturated rings. The number of tetrazole rings is 1. The lowest BCUT2D eigenvalue weighted by Crippen LogP contribution is -2.35. The zero-order valence-electron chi connectivity index (χ0n) is 7.19. The highest BCUT2D eigenvalue weighted by Crippen LogP contribution is 2.42. The molecule has 0 aromatic carbocycles. The Hall–Kier alpha value is -0.710. The highest BCUT2D eigenvalue weighted by molar-refractivity contribution is 7.71. The van der Waals surface area contributed by atoms with Crippen molar-refractivity contribution in [3.05, 3.63) is 4.77 Å². The summed E-state index contributed by atoms with van der Waals surface area (Å²) in [5.41, 5.74) is 0. The van der Waals surface area contributed by atoms with Gasteiger partial charge in [-0.2, -0.15) is 5.21 Å². The summed E-state index contributed by atoms with van der Waals surface area (Å²) in [6.45, 7) is 4.50. The molecule has 0 amide bonds. The molecule has 12 heavy (non-hydrogen) atoms. The lowest BCUT2D eigenvalue weighted by molar-refractivity contribution is 0.0976. The molecule has 1 aliphatic rings. The minimum Gasteiger partial charge on any atom is -0.239 e. The van der Waals surface area contributed by atoms with Crippen LogP contribution in [0.15, 0.2) is 0 Å². The molecule has 1 aromatic heterocycles. The Bertz CT molecular complexity index is 328. The molecule has 1 aromatic rings. The Morgan fingerprint density at radius 1 is 1.58 bits per heavy atom. The normalized spacial score (nSPS) is 34.7. The van der Waals surface area contributed by atoms with Gasteiger partial charge in [0.25, 0.3) is 0 Å². The van der Waals surface area contributed by atoms with Gasteiger partial charge in [-0.15, -0.1) is 0 Å². The molecule has 1 saturated carbocycles. The highest BCUT2D eigenvalue weighted by atomic mass is 32.1. The second-order valence-electron chi connectivity index (χ2n) is 3.59. The maximum atomic E-state index is 5.01. The van der Waals surface area contributed by atoms with Crippen molar-refractivity contribution < 1.29 is 0 Å². The summed E-state index contributed by atoms with van der Waals surface area (Å²) >= 11 is 5.01. The predicted octanol–water partition coefficient (Wildman–Crippen LogP) is 1.55. The SMILES string of the molecule is CC1CC(n2[nH]nnc2=S)C1C. The molecule has 1 heterocycles. The van der Waals surface area contributed by atoms with Gasteiger partial charge in [0.05, 0.1) is 6.04 Å². The standard InChI is InChI=1S/C7H12N4S/c1-4-3-6(5(4)2)11-7(12)8-9-10-11/h4-6H,3H2,1-2H3,(H,8,10,12). The van der Waals surface area contributed by atoms with Crippen LogP contribution in [0.2, 0.25) is 0 Å². The van der Waals surface area contributed by atoms with E-state index in [2.05, 4.69) is 29.4 Å². The number of hydrogen-bond donors (Lipinski definition) is 1. The Morgan fingerprint density at radius 3 is 2.75 bits per heavy atom. The van der Waals surface area contributed by atoms with Crippen LogP contribution in [0.3, 0.4) is 0 Å². The van der Waals surface area contributed by atoms with E-state index in [9.17, 15) is 0 Å². The molecule has 3 atom stereocenters. The van der Waals surface area contributed by atoms with Crippen LogP contribution >= 0.6 is 12.2 Å². The molecular formula is C7H12N4S. The zero-order valence-corrected chi connectivity index (χ0v) is 8.01. The van der Waals surface area contributed by atoms with Crippen molar-refractivity contribution in [2.24, 2.45) is 11.8 Å². The molecule has 66 valence electrons. The number of H-pyrrole nitrogens is 1. The molecule has 5 heteroatoms. The number of aromatic amines is 1. The van der Waals surface area contributed by atoms with Crippen LogP contribution in [0.25, 0.3) is 0 Å². The van der Waals surface area contributed by atoms with Crippen molar-refractivity contribution in [2.75, 3.05) is 0 Å². The molecule has 3 unspecified atom stereocenters. The molecular weight excluding hydrogens is 172 g/mol. The van der Waals surface area contributed by atoms with Crippen molar-refractivity contribution in [3.63, 3.8) is 0 Å². The summed E-state index contributed by atoms with van der Waals surface area (Å²) in [4.78, 5) is 0. The summed E-state index contributed by atoms with van der Waals surface area (Å²) in [7, 11) is 0. The average molecular weight is 184 g/mol. The Labute approximate surface area is 76.0 Å². The minimum absolute atomic E-state index is 0.488. The van der Waals surface area contributed by atoms with Gasteiger partial charge in [-0.1, -0.05) is 24.2 Å². The molecule has 0 spiro atoms. The van der Waals surface area contributed by atoms with Crippen LogP contribution in [0.5, 0.6) is 0 Å². The third kappa shape index (κ3) is 0.998. The first-order valence-electron chi connectivity index (χ1n) is 4.19. The van der Waals surface area contributed by atoms with E-state index in [1.807, 2.05) is 4.68 Å². The summed E-state index contributed by atoms with van der Waals surface area (Å²) in [6, 6.07) is 0.488. The van der Waals surface area contributed by atoms with Crippen LogP contribution in [-0.4, -0.2) is 20.2 Å². The monoisotopic (exact) mass is 184 g/mol. The Balaban J connectivity index is 2.23. The number of aromatic nitrogens is 4. The molecule has 4 nitrogen and oxygen atoms in total. The summed E-state index contributed by atoms with van der Waals surface area (Å²) in [6.07, 6.45) is 1.18. The zero-order chi connectivity index (χ0) is 8.72. The first-order chi connectivity index (χ1) is 5.70. The van der Waals surface area contributed by atoms with Crippen LogP contribution < -0.4 is 0 Å². The van der Waals surface area contributed by atoms with E-state index in [1.54, 1.807) is 0 Å². The lowest BCUT2D eigenvalue weighted by Gasteiger charge is -2.40. The molecule has 1 aliphatic carbocycles. The maximum Gasteiger partial charge on any atom is 0.238 e. The van der Waals surface area contributed by atoms with Crippen LogP contribution in [0, 0.1) is 16.6 Å². The molecule has 0 saturated heterocycles. The molecule has 1 N–H and O–H groups in total. The van der Waals surface area contributed by atoms with Gasteiger partial charge in [-0.05, 0) is 30.5 Å². The first-order valence-corrected chi connectivity index (χ1v) is 4.60. The van der Waals surface area contributed by atoms with E-state index in [1.165, 1.54) is 6.42 Å². The maximum absolute atomic E-state index is 5.01. The third-order valence-electron chi connectivity index (χ3n) is 2.94. The fourth-order valence-corrected chi connectivity index (χ4v) is 1.97. The number of nitrogens with one attached hydrogen (secondary N) is 1. The van der Waals surface area contributed by atoms with Crippen LogP contribution in [-0.2, 0) is 0 Å². The number of hydrogen-bond acceptors (Lipinski definition) is 3. The topological polar surface area (TPSA) is 46.5 Å². The lowest BCUT2D eigenvalue weighted by atomic mass is 9.72. The van der Waals surface area contributed by atoms with E-state index in [-0.39, 0.29) is 0 Å². The van der Waals surface area contributed by atoms with Crippen molar-refractivity contribution in [2.45, 2.75) is 26.3 Å². The van der Waals surface area contributed by atoms with E-state index >= 15 is 0 Å². The van der Waals surface area contributed by atoms with E-state index in [0.29, 0.717) is 16.7 Å². The van der Waals surface area contributed by atoms with Gasteiger partial charge in [-0.25, -0.2) is 4.68 Å². The van der Waals surface area contributed by atoms with E-state index in [4.69, 9.17) is 12.2 Å². The van der Waals surface area contributed by atoms with Crippen molar-refractivity contribution in [1.82, 2.24) is 20.2 Å². The fraction of sp³-hybridized carbons (Fsp3) is 0.857. The van der Waals surface area contributed by atoms with Crippen LogP contribution in [0.1, 0.15) is 26.3 Å². The van der Waals surface area contributed by atoms with E-state index < -0.39 is 0 Å². The summed E-state index contributed by atoms with van der Waals surface area (Å²) in [5.74, 6) is 1.47. The van der Waals surface area contributed by atoms with Crippen molar-refractivity contribution in [1.29, 1.82) is 0 Å². The Kier molecular flexibility index (Phi) is 1.75. The van der Waals surface area contributed by atoms with Crippen LogP contribution in [0.4, 0.5) is 0 Å². The predicted molar refractivity (Wildman–Crippen MR) is 47.2 cm³/mol. The van der Waals surface area contributed by atoms with Crippen molar-refractivity contribution >= 4 is 12.2 Å². The second-order valence-corrected chi connectivity index (χ2v) is 3.96. The van der Waals surface area contributed by atoms with Gasteiger partial charge in [-0.3, -0.25) is 0 Å². The van der Waals surface area contributed by atoms with Gasteiger partial charge in [0.2, 0.25) is 4.77 Å². The highest BCUT2D eigenvalue weighted by Gasteiger charge is 2.36. The molecule has 0 radical (unpaired) electrons. The Morgan fingerprint density at radius 2 is 2.33 bits per heavy atom. The molecule has 0 bridgehead atoms. The minimum atomic E-state index is 0.488. The summed E-state index contributed by atoms with van der Waals surface area (Å²) in [5, 5.41) is 10.2. The number of nitrogens with zero attached hydrogens (tertiary/aromatic N) is 3. The molecule has 0 aliphatic heterocycles. The average Bonchev–Trinajstić information content (AvgIpc) is 2.46. The summed E-state index contributed by atoms with van der Waals surface area (Å²) < 4.78 is 2.46. The van der Waals surface area contributed by atoms with Gasteiger partial charge in [0.1, 0.15) is 0 Å². The first kappa shape index (κ1) is 7.91. The van der Waals surface area contributed by atoms with Gasteiger partial charge in [0.15, 0.2) is 0 Å². The van der Waals surface area contributed by atoms with E-state index in [0.717, 1.165) is 5.92 Å². The quantitative estimate of drug-likeness (QED) is 0.674. The largest absolute Gasteiger partial charge is 0.239 e. The fourth-order valence-electron chi connectivity index (χ4n) is 1.75. The third-order valence-corrected chi connectivity index (χ3v) is 3.22. The number of rotatable bonds is 1. The van der Waals surface area contributed by atoms with Gasteiger partial charge < -0.3 is 0 Å². The van der Waals surface area contributed by atoms with Gasteiger partial charge >= 0.3 is 0 Å². The second kappa shape index (κ2) is 2.65. The molecule has 2 rings (SSSR count). The van der Waals surface area contributed by atoms with Gasteiger partial charge in [0, 0.05) is 0 Å². The van der Waals surface area contributed by atoms with Crippen molar-refractivity contribution in [3.8, 4) is 0 Å².